The summed E-state index contributed by atoms with van der Waals surface area (Å²) in [6.45, 7) is 4.62. The van der Waals surface area contributed by atoms with Crippen LogP contribution in [0, 0.1) is 0 Å². The highest BCUT2D eigenvalue weighted by Crippen LogP contribution is 2.33. The molecule has 5 heteroatoms. The fraction of sp³-hybridized carbons (Fsp3) is 0.467. The zero-order valence-electron chi connectivity index (χ0n) is 12.2. The second-order valence-electron chi connectivity index (χ2n) is 4.69. The number of hydrogen-bond donors (Lipinski definition) is 1. The SMILES string of the molecule is CCC(CC)c1ccc(OC)c(-c2noc(CN)n2)c1. The van der Waals surface area contributed by atoms with Crippen molar-refractivity contribution in [2.24, 2.45) is 5.73 Å². The van der Waals surface area contributed by atoms with E-state index in [1.807, 2.05) is 6.07 Å². The Morgan fingerprint density at radius 3 is 2.60 bits per heavy atom. The molecule has 0 saturated heterocycles. The highest BCUT2D eigenvalue weighted by Gasteiger charge is 2.16. The summed E-state index contributed by atoms with van der Waals surface area (Å²) < 4.78 is 10.5. The lowest BCUT2D eigenvalue weighted by Gasteiger charge is -2.15. The molecule has 2 N–H and O–H groups in total. The predicted molar refractivity (Wildman–Crippen MR) is 77.5 cm³/mol. The van der Waals surface area contributed by atoms with Crippen molar-refractivity contribution in [2.75, 3.05) is 7.11 Å². The molecule has 0 amide bonds. The van der Waals surface area contributed by atoms with Gasteiger partial charge in [0.15, 0.2) is 0 Å². The molecule has 5 nitrogen and oxygen atoms in total. The molecule has 0 bridgehead atoms. The second-order valence-corrected chi connectivity index (χ2v) is 4.69. The molecule has 0 fully saturated rings. The summed E-state index contributed by atoms with van der Waals surface area (Å²) in [6.07, 6.45) is 2.20. The first kappa shape index (κ1) is 14.5. The Balaban J connectivity index is 2.45. The number of nitrogens with zero attached hydrogens (tertiary/aromatic N) is 2. The van der Waals surface area contributed by atoms with Crippen LogP contribution in [0.15, 0.2) is 22.7 Å². The third kappa shape index (κ3) is 2.82. The average molecular weight is 275 g/mol. The summed E-state index contributed by atoms with van der Waals surface area (Å²) >= 11 is 0. The molecular weight excluding hydrogens is 254 g/mol. The van der Waals surface area contributed by atoms with E-state index in [2.05, 4.69) is 36.1 Å². The molecule has 1 aromatic carbocycles. The van der Waals surface area contributed by atoms with Crippen LogP contribution < -0.4 is 10.5 Å². The summed E-state index contributed by atoms with van der Waals surface area (Å²) in [7, 11) is 1.64. The molecule has 0 radical (unpaired) electrons. The standard InChI is InChI=1S/C15H21N3O2/c1-4-10(5-2)11-6-7-13(19-3)12(8-11)15-17-14(9-16)20-18-15/h6-8,10H,4-5,9,16H2,1-3H3. The van der Waals surface area contributed by atoms with Gasteiger partial charge in [-0.3, -0.25) is 0 Å². The van der Waals surface area contributed by atoms with Gasteiger partial charge in [0.25, 0.3) is 0 Å². The van der Waals surface area contributed by atoms with Gasteiger partial charge in [-0.15, -0.1) is 0 Å². The van der Waals surface area contributed by atoms with Crippen molar-refractivity contribution in [3.63, 3.8) is 0 Å². The van der Waals surface area contributed by atoms with E-state index < -0.39 is 0 Å². The first-order valence-corrected chi connectivity index (χ1v) is 6.94. The topological polar surface area (TPSA) is 74.2 Å². The maximum absolute atomic E-state index is 5.51. The van der Waals surface area contributed by atoms with Gasteiger partial charge in [0.1, 0.15) is 5.75 Å². The normalized spacial score (nSPS) is 11.1. The van der Waals surface area contributed by atoms with Crippen molar-refractivity contribution in [1.82, 2.24) is 10.1 Å². The van der Waals surface area contributed by atoms with E-state index in [1.165, 1.54) is 5.56 Å². The minimum absolute atomic E-state index is 0.238. The summed E-state index contributed by atoms with van der Waals surface area (Å²) in [6, 6.07) is 6.15. The van der Waals surface area contributed by atoms with Gasteiger partial charge in [0, 0.05) is 0 Å². The molecule has 0 saturated carbocycles. The minimum Gasteiger partial charge on any atom is -0.496 e. The van der Waals surface area contributed by atoms with Crippen molar-refractivity contribution in [2.45, 2.75) is 39.2 Å². The van der Waals surface area contributed by atoms with Gasteiger partial charge >= 0.3 is 0 Å². The fourth-order valence-electron chi connectivity index (χ4n) is 2.36. The van der Waals surface area contributed by atoms with Crippen molar-refractivity contribution in [3.8, 4) is 17.1 Å². The quantitative estimate of drug-likeness (QED) is 0.876. The Labute approximate surface area is 119 Å². The number of aromatic nitrogens is 2. The Bertz CT molecular complexity index is 562. The largest absolute Gasteiger partial charge is 0.496 e. The number of nitrogens with two attached hydrogens (primary N) is 1. The highest BCUT2D eigenvalue weighted by molar-refractivity contribution is 5.65. The van der Waals surface area contributed by atoms with Gasteiger partial charge in [-0.25, -0.2) is 0 Å². The molecule has 20 heavy (non-hydrogen) atoms. The van der Waals surface area contributed by atoms with Crippen molar-refractivity contribution < 1.29 is 9.26 Å². The van der Waals surface area contributed by atoms with E-state index in [0.29, 0.717) is 17.6 Å². The van der Waals surface area contributed by atoms with E-state index in [-0.39, 0.29) is 6.54 Å². The molecular formula is C15H21N3O2. The van der Waals surface area contributed by atoms with Crippen LogP contribution in [0.4, 0.5) is 0 Å². The van der Waals surface area contributed by atoms with E-state index in [1.54, 1.807) is 7.11 Å². The van der Waals surface area contributed by atoms with Crippen LogP contribution in [0.3, 0.4) is 0 Å². The molecule has 0 spiro atoms. The number of hydrogen-bond acceptors (Lipinski definition) is 5. The highest BCUT2D eigenvalue weighted by atomic mass is 16.5. The summed E-state index contributed by atoms with van der Waals surface area (Å²) in [5.41, 5.74) is 7.62. The lowest BCUT2D eigenvalue weighted by Crippen LogP contribution is -1.98. The molecule has 2 aromatic rings. The van der Waals surface area contributed by atoms with Crippen LogP contribution in [0.2, 0.25) is 0 Å². The fourth-order valence-corrected chi connectivity index (χ4v) is 2.36. The molecule has 0 aliphatic heterocycles. The van der Waals surface area contributed by atoms with Gasteiger partial charge in [0.05, 0.1) is 19.2 Å². The van der Waals surface area contributed by atoms with E-state index in [0.717, 1.165) is 24.2 Å². The molecule has 2 rings (SSSR count). The number of methoxy groups -OCH3 is 1. The number of rotatable bonds is 6. The third-order valence-electron chi connectivity index (χ3n) is 3.56. The predicted octanol–water partition coefficient (Wildman–Crippen LogP) is 3.11. The van der Waals surface area contributed by atoms with Gasteiger partial charge in [0.2, 0.25) is 11.7 Å². The van der Waals surface area contributed by atoms with Crippen molar-refractivity contribution in [1.29, 1.82) is 0 Å². The maximum Gasteiger partial charge on any atom is 0.240 e. The van der Waals surface area contributed by atoms with Crippen LogP contribution in [0.5, 0.6) is 5.75 Å². The zero-order chi connectivity index (χ0) is 14.5. The van der Waals surface area contributed by atoms with Crippen LogP contribution in [0.1, 0.15) is 44.1 Å². The second kappa shape index (κ2) is 6.52. The van der Waals surface area contributed by atoms with Crippen LogP contribution in [-0.2, 0) is 6.54 Å². The molecule has 108 valence electrons. The first-order chi connectivity index (χ1) is 9.73. The molecule has 0 atom stereocenters. The van der Waals surface area contributed by atoms with Gasteiger partial charge in [-0.2, -0.15) is 4.98 Å². The Hall–Kier alpha value is -1.88. The van der Waals surface area contributed by atoms with Gasteiger partial charge in [-0.05, 0) is 36.5 Å². The van der Waals surface area contributed by atoms with Gasteiger partial charge in [-0.1, -0.05) is 25.1 Å². The van der Waals surface area contributed by atoms with Gasteiger partial charge < -0.3 is 15.0 Å². The molecule has 0 aliphatic carbocycles. The summed E-state index contributed by atoms with van der Waals surface area (Å²) in [5, 5.41) is 3.97. The van der Waals surface area contributed by atoms with Crippen LogP contribution in [0.25, 0.3) is 11.4 Å². The minimum atomic E-state index is 0.238. The molecule has 0 unspecified atom stereocenters. The number of ether oxygens (including phenoxy) is 1. The van der Waals surface area contributed by atoms with Crippen molar-refractivity contribution in [3.05, 3.63) is 29.7 Å². The Kier molecular flexibility index (Phi) is 4.74. The zero-order valence-corrected chi connectivity index (χ0v) is 12.2. The van der Waals surface area contributed by atoms with E-state index in [9.17, 15) is 0 Å². The Morgan fingerprint density at radius 1 is 1.30 bits per heavy atom. The lowest BCUT2D eigenvalue weighted by atomic mass is 9.92. The molecule has 1 heterocycles. The average Bonchev–Trinajstić information content (AvgIpc) is 2.97. The first-order valence-electron chi connectivity index (χ1n) is 6.94. The summed E-state index contributed by atoms with van der Waals surface area (Å²) in [5.74, 6) is 2.22. The van der Waals surface area contributed by atoms with Crippen LogP contribution in [-0.4, -0.2) is 17.3 Å². The Morgan fingerprint density at radius 2 is 2.05 bits per heavy atom. The smallest absolute Gasteiger partial charge is 0.240 e. The monoisotopic (exact) mass is 275 g/mol. The maximum atomic E-state index is 5.51. The number of benzene rings is 1. The lowest BCUT2D eigenvalue weighted by molar-refractivity contribution is 0.380. The van der Waals surface area contributed by atoms with E-state index in [4.69, 9.17) is 15.0 Å². The summed E-state index contributed by atoms with van der Waals surface area (Å²) in [4.78, 5) is 4.28. The third-order valence-corrected chi connectivity index (χ3v) is 3.56. The molecule has 0 aliphatic rings. The molecule has 1 aromatic heterocycles. The van der Waals surface area contributed by atoms with Crippen molar-refractivity contribution >= 4 is 0 Å². The van der Waals surface area contributed by atoms with Crippen LogP contribution >= 0.6 is 0 Å². The van der Waals surface area contributed by atoms with E-state index >= 15 is 0 Å².